The van der Waals surface area contributed by atoms with E-state index in [2.05, 4.69) is 21.2 Å². The Hall–Kier alpha value is -2.11. The molecule has 1 amide bonds. The summed E-state index contributed by atoms with van der Waals surface area (Å²) in [5.74, 6) is 0.112. The molecule has 2 aromatic carbocycles. The summed E-state index contributed by atoms with van der Waals surface area (Å²) >= 11 is 3.43. The van der Waals surface area contributed by atoms with Gasteiger partial charge >= 0.3 is 0 Å². The topological polar surface area (TPSA) is 45.5 Å². The molecule has 1 aromatic heterocycles. The van der Waals surface area contributed by atoms with Gasteiger partial charge in [0.25, 0.3) is 5.91 Å². The molecule has 0 fully saturated rings. The first kappa shape index (κ1) is 16.7. The Bertz CT molecular complexity index is 843. The zero-order valence-corrected chi connectivity index (χ0v) is 15.2. The summed E-state index contributed by atoms with van der Waals surface area (Å²) in [7, 11) is 3.97. The number of nitrogens with zero attached hydrogens (tertiary/aromatic N) is 1. The van der Waals surface area contributed by atoms with E-state index in [4.69, 9.17) is 4.42 Å². The van der Waals surface area contributed by atoms with Crippen LogP contribution in [0.5, 0.6) is 0 Å². The van der Waals surface area contributed by atoms with Crippen molar-refractivity contribution in [3.8, 4) is 0 Å². The lowest BCUT2D eigenvalue weighted by molar-refractivity contribution is 0.0904. The lowest BCUT2D eigenvalue weighted by atomic mass is 10.1. The standard InChI is InChI=1S/C19H19BrN2O2/c1-22(2)12-16(13-6-4-3-5-7-13)21-19(23)18-11-14-10-15(20)8-9-17(14)24-18/h3-11,16H,12H2,1-2H3,(H,21,23). The molecule has 0 bridgehead atoms. The van der Waals surface area contributed by atoms with Crippen LogP contribution in [0.4, 0.5) is 0 Å². The molecule has 0 radical (unpaired) electrons. The molecule has 1 heterocycles. The highest BCUT2D eigenvalue weighted by molar-refractivity contribution is 9.10. The van der Waals surface area contributed by atoms with Crippen LogP contribution in [0.15, 0.2) is 63.5 Å². The second kappa shape index (κ2) is 7.20. The highest BCUT2D eigenvalue weighted by Crippen LogP contribution is 2.24. The molecule has 0 aliphatic heterocycles. The van der Waals surface area contributed by atoms with Crippen molar-refractivity contribution in [3.05, 3.63) is 70.4 Å². The zero-order chi connectivity index (χ0) is 17.1. The van der Waals surface area contributed by atoms with Crippen LogP contribution < -0.4 is 5.32 Å². The van der Waals surface area contributed by atoms with Crippen LogP contribution in [0.2, 0.25) is 0 Å². The monoisotopic (exact) mass is 386 g/mol. The van der Waals surface area contributed by atoms with Gasteiger partial charge in [-0.1, -0.05) is 46.3 Å². The smallest absolute Gasteiger partial charge is 0.287 e. The largest absolute Gasteiger partial charge is 0.451 e. The molecule has 124 valence electrons. The fourth-order valence-electron chi connectivity index (χ4n) is 2.64. The molecule has 1 unspecified atom stereocenters. The molecule has 0 spiro atoms. The summed E-state index contributed by atoms with van der Waals surface area (Å²) in [6.07, 6.45) is 0. The van der Waals surface area contributed by atoms with Crippen molar-refractivity contribution in [1.82, 2.24) is 10.2 Å². The minimum atomic E-state index is -0.210. The summed E-state index contributed by atoms with van der Waals surface area (Å²) in [6, 6.07) is 17.3. The van der Waals surface area contributed by atoms with Gasteiger partial charge in [-0.2, -0.15) is 0 Å². The molecule has 24 heavy (non-hydrogen) atoms. The molecular formula is C19H19BrN2O2. The highest BCUT2D eigenvalue weighted by atomic mass is 79.9. The normalized spacial score (nSPS) is 12.5. The van der Waals surface area contributed by atoms with Gasteiger partial charge in [0.15, 0.2) is 5.76 Å². The summed E-state index contributed by atoms with van der Waals surface area (Å²) in [5, 5.41) is 3.97. The lowest BCUT2D eigenvalue weighted by Crippen LogP contribution is -2.35. The van der Waals surface area contributed by atoms with E-state index in [0.29, 0.717) is 17.9 Å². The predicted octanol–water partition coefficient (Wildman–Crippen LogP) is 4.23. The van der Waals surface area contributed by atoms with Gasteiger partial charge in [-0.25, -0.2) is 0 Å². The van der Waals surface area contributed by atoms with E-state index in [-0.39, 0.29) is 11.9 Å². The molecule has 3 aromatic rings. The van der Waals surface area contributed by atoms with Crippen LogP contribution in [0, 0.1) is 0 Å². The van der Waals surface area contributed by atoms with Crippen molar-refractivity contribution in [1.29, 1.82) is 0 Å². The van der Waals surface area contributed by atoms with E-state index in [1.54, 1.807) is 6.07 Å². The van der Waals surface area contributed by atoms with Gasteiger partial charge in [-0.15, -0.1) is 0 Å². The third-order valence-electron chi connectivity index (χ3n) is 3.76. The molecule has 1 N–H and O–H groups in total. The van der Waals surface area contributed by atoms with Crippen LogP contribution in [-0.2, 0) is 0 Å². The molecule has 4 nitrogen and oxygen atoms in total. The average molecular weight is 387 g/mol. The molecule has 0 saturated carbocycles. The first-order valence-electron chi connectivity index (χ1n) is 7.72. The second-order valence-corrected chi connectivity index (χ2v) is 6.91. The fourth-order valence-corrected chi connectivity index (χ4v) is 3.02. The van der Waals surface area contributed by atoms with Gasteiger partial charge in [0.05, 0.1) is 6.04 Å². The van der Waals surface area contributed by atoms with Crippen molar-refractivity contribution >= 4 is 32.8 Å². The maximum atomic E-state index is 12.6. The van der Waals surface area contributed by atoms with E-state index < -0.39 is 0 Å². The number of benzene rings is 2. The number of hydrogen-bond acceptors (Lipinski definition) is 3. The quantitative estimate of drug-likeness (QED) is 0.713. The average Bonchev–Trinajstić information content (AvgIpc) is 2.98. The summed E-state index contributed by atoms with van der Waals surface area (Å²) in [5.41, 5.74) is 1.77. The minimum Gasteiger partial charge on any atom is -0.451 e. The van der Waals surface area contributed by atoms with E-state index in [9.17, 15) is 4.79 Å². The summed E-state index contributed by atoms with van der Waals surface area (Å²) in [4.78, 5) is 14.7. The van der Waals surface area contributed by atoms with Crippen molar-refractivity contribution in [2.45, 2.75) is 6.04 Å². The van der Waals surface area contributed by atoms with Gasteiger partial charge in [0, 0.05) is 16.4 Å². The molecular weight excluding hydrogens is 368 g/mol. The van der Waals surface area contributed by atoms with E-state index in [0.717, 1.165) is 15.4 Å². The Morgan fingerprint density at radius 3 is 2.62 bits per heavy atom. The van der Waals surface area contributed by atoms with Crippen LogP contribution in [-0.4, -0.2) is 31.4 Å². The first-order chi connectivity index (χ1) is 11.5. The third-order valence-corrected chi connectivity index (χ3v) is 4.25. The maximum Gasteiger partial charge on any atom is 0.287 e. The molecule has 5 heteroatoms. The summed E-state index contributed by atoms with van der Waals surface area (Å²) in [6.45, 7) is 0.710. The first-order valence-corrected chi connectivity index (χ1v) is 8.52. The predicted molar refractivity (Wildman–Crippen MR) is 99.1 cm³/mol. The Morgan fingerprint density at radius 1 is 1.17 bits per heavy atom. The molecule has 0 aliphatic carbocycles. The Morgan fingerprint density at radius 2 is 1.92 bits per heavy atom. The minimum absolute atomic E-state index is 0.103. The van der Waals surface area contributed by atoms with E-state index in [1.807, 2.05) is 67.5 Å². The number of carbonyl (C=O) groups is 1. The number of hydrogen-bond donors (Lipinski definition) is 1. The van der Waals surface area contributed by atoms with Gasteiger partial charge < -0.3 is 14.6 Å². The molecule has 0 saturated heterocycles. The van der Waals surface area contributed by atoms with Crippen molar-refractivity contribution in [2.24, 2.45) is 0 Å². The van der Waals surface area contributed by atoms with E-state index in [1.165, 1.54) is 0 Å². The van der Waals surface area contributed by atoms with Gasteiger partial charge in [-0.3, -0.25) is 4.79 Å². The number of halogens is 1. The number of furan rings is 1. The Labute approximate surface area is 149 Å². The molecule has 3 rings (SSSR count). The number of carbonyl (C=O) groups excluding carboxylic acids is 1. The van der Waals surface area contributed by atoms with Gasteiger partial charge in [0.2, 0.25) is 0 Å². The van der Waals surface area contributed by atoms with Crippen LogP contribution in [0.3, 0.4) is 0 Å². The van der Waals surface area contributed by atoms with Crippen molar-refractivity contribution in [2.75, 3.05) is 20.6 Å². The van der Waals surface area contributed by atoms with Crippen molar-refractivity contribution in [3.63, 3.8) is 0 Å². The van der Waals surface area contributed by atoms with Crippen LogP contribution >= 0.6 is 15.9 Å². The van der Waals surface area contributed by atoms with Gasteiger partial charge in [0.1, 0.15) is 5.58 Å². The number of nitrogens with one attached hydrogen (secondary N) is 1. The number of amides is 1. The summed E-state index contributed by atoms with van der Waals surface area (Å²) < 4.78 is 6.64. The Kier molecular flexibility index (Phi) is 5.02. The Balaban J connectivity index is 1.84. The molecule has 1 atom stereocenters. The third kappa shape index (κ3) is 3.86. The fraction of sp³-hybridized carbons (Fsp3) is 0.211. The number of likely N-dealkylation sites (N-methyl/N-ethyl adjacent to an activating group) is 1. The van der Waals surface area contributed by atoms with Crippen LogP contribution in [0.1, 0.15) is 22.2 Å². The highest BCUT2D eigenvalue weighted by Gasteiger charge is 2.19. The zero-order valence-electron chi connectivity index (χ0n) is 13.6. The van der Waals surface area contributed by atoms with Gasteiger partial charge in [-0.05, 0) is 43.9 Å². The van der Waals surface area contributed by atoms with Crippen molar-refractivity contribution < 1.29 is 9.21 Å². The molecule has 0 aliphatic rings. The lowest BCUT2D eigenvalue weighted by Gasteiger charge is -2.22. The van der Waals surface area contributed by atoms with Crippen LogP contribution in [0.25, 0.3) is 11.0 Å². The number of rotatable bonds is 5. The van der Waals surface area contributed by atoms with E-state index >= 15 is 0 Å². The number of fused-ring (bicyclic) bond motifs is 1. The maximum absolute atomic E-state index is 12.6. The second-order valence-electron chi connectivity index (χ2n) is 5.99. The SMILES string of the molecule is CN(C)CC(NC(=O)c1cc2cc(Br)ccc2o1)c1ccccc1.